The molecule has 0 aliphatic rings. The smallest absolute Gasteiger partial charge is 0.303 e. The van der Waals surface area contributed by atoms with E-state index in [1.165, 1.54) is 22.3 Å². The number of aliphatic carboxylic acids is 1. The summed E-state index contributed by atoms with van der Waals surface area (Å²) >= 11 is 0. The Bertz CT molecular complexity index is 1610. The average molecular weight is 609 g/mol. The van der Waals surface area contributed by atoms with Crippen LogP contribution in [0.2, 0.25) is 0 Å². The molecule has 0 atom stereocenters. The molecule has 236 valence electrons. The van der Waals surface area contributed by atoms with Crippen LogP contribution in [0.25, 0.3) is 33.4 Å². The van der Waals surface area contributed by atoms with E-state index in [-0.39, 0.29) is 6.42 Å². The van der Waals surface area contributed by atoms with E-state index in [2.05, 4.69) is 97.3 Å². The van der Waals surface area contributed by atoms with Crippen LogP contribution < -0.4 is 20.1 Å². The van der Waals surface area contributed by atoms with Gasteiger partial charge in [0.15, 0.2) is 0 Å². The number of rotatable bonds is 17. The van der Waals surface area contributed by atoms with Crippen LogP contribution in [0.4, 0.5) is 0 Å². The van der Waals surface area contributed by atoms with Crippen LogP contribution in [-0.2, 0) is 22.7 Å². The van der Waals surface area contributed by atoms with Crippen LogP contribution >= 0.6 is 0 Å². The highest BCUT2D eigenvalue weighted by Crippen LogP contribution is 2.38. The van der Waals surface area contributed by atoms with Crippen molar-refractivity contribution < 1.29 is 24.2 Å². The molecule has 4 aromatic carbocycles. The first-order valence-corrected chi connectivity index (χ1v) is 15.5. The van der Waals surface area contributed by atoms with Crippen LogP contribution in [0.5, 0.6) is 11.5 Å². The van der Waals surface area contributed by atoms with E-state index in [4.69, 9.17) is 14.6 Å². The molecule has 3 N–H and O–H groups in total. The second-order valence-electron chi connectivity index (χ2n) is 11.2. The van der Waals surface area contributed by atoms with Crippen molar-refractivity contribution in [1.82, 2.24) is 10.6 Å². The number of unbranched alkanes of at least 4 members (excludes halogenated alkanes) is 1. The van der Waals surface area contributed by atoms with Crippen molar-refractivity contribution in [1.29, 1.82) is 0 Å². The fourth-order valence-corrected chi connectivity index (χ4v) is 5.72. The van der Waals surface area contributed by atoms with E-state index in [1.54, 1.807) is 14.2 Å². The topological polar surface area (TPSA) is 96.9 Å². The largest absolute Gasteiger partial charge is 0.496 e. The summed E-state index contributed by atoms with van der Waals surface area (Å²) in [4.78, 5) is 21.4. The number of benzene rings is 4. The quantitative estimate of drug-likeness (QED) is 0.0852. The highest BCUT2D eigenvalue weighted by atomic mass is 16.5. The molecule has 0 fully saturated rings. The molecular formula is C38H44N2O5. The maximum absolute atomic E-state index is 10.8. The first kappa shape index (κ1) is 33.4. The van der Waals surface area contributed by atoms with Crippen molar-refractivity contribution in [2.75, 3.05) is 27.3 Å². The van der Waals surface area contributed by atoms with Gasteiger partial charge in [-0.1, -0.05) is 60.7 Å². The Morgan fingerprint density at radius 2 is 1.18 bits per heavy atom. The van der Waals surface area contributed by atoms with Crippen LogP contribution in [0, 0.1) is 13.8 Å². The van der Waals surface area contributed by atoms with Crippen LogP contribution in [0.1, 0.15) is 47.9 Å². The van der Waals surface area contributed by atoms with E-state index >= 15 is 0 Å². The number of ether oxygens (including phenoxy) is 2. The molecule has 7 nitrogen and oxygen atoms in total. The molecule has 7 heteroatoms. The van der Waals surface area contributed by atoms with Crippen molar-refractivity contribution in [3.05, 3.63) is 95.1 Å². The SMILES string of the molecule is COc1cc(-c2cccc(-c3cccc(-c4ccc(CNCCCC(=O)O)c(OC)c4)c3C)c2C)ccc1CNCCCC=O. The Balaban J connectivity index is 1.58. The van der Waals surface area contributed by atoms with Crippen molar-refractivity contribution in [2.45, 2.75) is 52.6 Å². The third-order valence-electron chi connectivity index (χ3n) is 8.20. The maximum atomic E-state index is 10.8. The standard InChI is InChI=1S/C38H44N2O5/c1-26-32(28-15-17-30(36(22-28)44-3)24-39-19-5-6-21-41)10-7-12-34(26)35-13-8-11-33(27(35)2)29-16-18-31(37(23-29)45-4)25-40-20-9-14-38(42)43/h7-8,10-13,15-18,21-23,39-40H,5-6,9,14,19-20,24-25H2,1-4H3,(H,42,43). The second-order valence-corrected chi connectivity index (χ2v) is 11.2. The number of aldehydes is 1. The number of carboxylic acid groups (broad SMARTS) is 1. The van der Waals surface area contributed by atoms with Gasteiger partial charge >= 0.3 is 5.97 Å². The molecule has 4 rings (SSSR count). The summed E-state index contributed by atoms with van der Waals surface area (Å²) in [7, 11) is 3.38. The lowest BCUT2D eigenvalue weighted by Gasteiger charge is -2.18. The highest BCUT2D eigenvalue weighted by molar-refractivity contribution is 5.84. The Kier molecular flexibility index (Phi) is 12.3. The molecule has 0 aromatic heterocycles. The number of carbonyl (C=O) groups excluding carboxylic acids is 1. The zero-order valence-electron chi connectivity index (χ0n) is 26.7. The van der Waals surface area contributed by atoms with E-state index in [0.717, 1.165) is 64.1 Å². The molecular weight excluding hydrogens is 564 g/mol. The van der Waals surface area contributed by atoms with Gasteiger partial charge < -0.3 is 30.0 Å². The van der Waals surface area contributed by atoms with Crippen LogP contribution in [0.15, 0.2) is 72.8 Å². The third kappa shape index (κ3) is 8.59. The van der Waals surface area contributed by atoms with Crippen molar-refractivity contribution in [2.24, 2.45) is 0 Å². The molecule has 0 spiro atoms. The summed E-state index contributed by atoms with van der Waals surface area (Å²) in [5.41, 5.74) is 11.3. The van der Waals surface area contributed by atoms with Gasteiger partial charge in [0, 0.05) is 37.1 Å². The monoisotopic (exact) mass is 608 g/mol. The predicted octanol–water partition coefficient (Wildman–Crippen LogP) is 7.34. The number of carboxylic acids is 1. The lowest BCUT2D eigenvalue weighted by atomic mass is 9.87. The highest BCUT2D eigenvalue weighted by Gasteiger charge is 2.15. The normalized spacial score (nSPS) is 10.9. The molecule has 0 bridgehead atoms. The first-order chi connectivity index (χ1) is 21.9. The van der Waals surface area contributed by atoms with Crippen molar-refractivity contribution in [3.8, 4) is 44.9 Å². The van der Waals surface area contributed by atoms with Crippen molar-refractivity contribution in [3.63, 3.8) is 0 Å². The number of hydrogen-bond acceptors (Lipinski definition) is 6. The van der Waals surface area contributed by atoms with Gasteiger partial charge in [0.25, 0.3) is 0 Å². The predicted molar refractivity (Wildman–Crippen MR) is 181 cm³/mol. The fraction of sp³-hybridized carbons (Fsp3) is 0.316. The number of methoxy groups -OCH3 is 2. The molecule has 0 amide bonds. The van der Waals surface area contributed by atoms with Gasteiger partial charge in [-0.25, -0.2) is 0 Å². The van der Waals surface area contributed by atoms with Gasteiger partial charge in [-0.3, -0.25) is 4.79 Å². The number of carbonyl (C=O) groups is 2. The third-order valence-corrected chi connectivity index (χ3v) is 8.20. The maximum Gasteiger partial charge on any atom is 0.303 e. The van der Waals surface area contributed by atoms with E-state index in [0.29, 0.717) is 32.5 Å². The lowest BCUT2D eigenvalue weighted by Crippen LogP contribution is -2.16. The molecule has 45 heavy (non-hydrogen) atoms. The second kappa shape index (κ2) is 16.6. The molecule has 0 unspecified atom stereocenters. The Labute approximate surface area is 266 Å². The van der Waals surface area contributed by atoms with E-state index in [1.807, 2.05) is 0 Å². The van der Waals surface area contributed by atoms with E-state index in [9.17, 15) is 9.59 Å². The minimum atomic E-state index is -0.777. The van der Waals surface area contributed by atoms with Crippen LogP contribution in [-0.4, -0.2) is 44.7 Å². The lowest BCUT2D eigenvalue weighted by molar-refractivity contribution is -0.137. The molecule has 0 aliphatic carbocycles. The summed E-state index contributed by atoms with van der Waals surface area (Å²) in [6.07, 6.45) is 3.09. The van der Waals surface area contributed by atoms with E-state index < -0.39 is 5.97 Å². The van der Waals surface area contributed by atoms with Gasteiger partial charge in [-0.2, -0.15) is 0 Å². The summed E-state index contributed by atoms with van der Waals surface area (Å²) in [5.74, 6) is 0.863. The summed E-state index contributed by atoms with van der Waals surface area (Å²) in [6, 6.07) is 25.5. The number of hydrogen-bond donors (Lipinski definition) is 3. The summed E-state index contributed by atoms with van der Waals surface area (Å²) in [6.45, 7) is 7.05. The summed E-state index contributed by atoms with van der Waals surface area (Å²) < 4.78 is 11.5. The zero-order chi connectivity index (χ0) is 32.2. The molecule has 0 heterocycles. The molecule has 0 saturated carbocycles. The molecule has 0 radical (unpaired) electrons. The first-order valence-electron chi connectivity index (χ1n) is 15.5. The van der Waals surface area contributed by atoms with Crippen molar-refractivity contribution >= 4 is 12.3 Å². The molecule has 0 saturated heterocycles. The Morgan fingerprint density at radius 1 is 0.711 bits per heavy atom. The Morgan fingerprint density at radius 3 is 1.62 bits per heavy atom. The minimum absolute atomic E-state index is 0.157. The zero-order valence-corrected chi connectivity index (χ0v) is 26.7. The average Bonchev–Trinajstić information content (AvgIpc) is 3.05. The van der Waals surface area contributed by atoms with Gasteiger partial charge in [0.05, 0.1) is 14.2 Å². The Hall–Kier alpha value is -4.46. The van der Waals surface area contributed by atoms with Crippen LogP contribution in [0.3, 0.4) is 0 Å². The minimum Gasteiger partial charge on any atom is -0.496 e. The van der Waals surface area contributed by atoms with Gasteiger partial charge in [0.2, 0.25) is 0 Å². The molecule has 4 aromatic rings. The number of nitrogens with one attached hydrogen (secondary N) is 2. The summed E-state index contributed by atoms with van der Waals surface area (Å²) in [5, 5.41) is 15.6. The van der Waals surface area contributed by atoms with Gasteiger partial charge in [-0.15, -0.1) is 0 Å². The fourth-order valence-electron chi connectivity index (χ4n) is 5.72. The van der Waals surface area contributed by atoms with Gasteiger partial charge in [-0.05, 0) is 96.4 Å². The molecule has 0 aliphatic heterocycles. The van der Waals surface area contributed by atoms with Gasteiger partial charge in [0.1, 0.15) is 17.8 Å².